The number of hydrogen-bond acceptors (Lipinski definition) is 4. The Kier molecular flexibility index (Phi) is 5.55. The highest BCUT2D eigenvalue weighted by molar-refractivity contribution is 5.97. The highest BCUT2D eigenvalue weighted by Gasteiger charge is 2.29. The van der Waals surface area contributed by atoms with Gasteiger partial charge in [-0.1, -0.05) is 19.9 Å². The van der Waals surface area contributed by atoms with E-state index in [9.17, 15) is 4.79 Å². The number of aromatic amines is 2. The molecule has 1 aliphatic heterocycles. The van der Waals surface area contributed by atoms with Crippen molar-refractivity contribution in [1.82, 2.24) is 20.1 Å². The number of H-pyrrole nitrogens is 2. The number of amides is 1. The Bertz CT molecular complexity index is 1120. The van der Waals surface area contributed by atoms with Crippen LogP contribution in [0.4, 0.5) is 5.69 Å². The second kappa shape index (κ2) is 8.37. The molecule has 2 aliphatic rings. The van der Waals surface area contributed by atoms with E-state index in [1.165, 1.54) is 17.7 Å². The number of aromatic nitrogens is 3. The van der Waals surface area contributed by atoms with Gasteiger partial charge in [0.15, 0.2) is 0 Å². The fourth-order valence-corrected chi connectivity index (χ4v) is 5.02. The largest absolute Gasteiger partial charge is 0.379 e. The molecule has 3 heterocycles. The number of carbonyl (C=O) groups is 1. The molecule has 0 unspecified atom stereocenters. The van der Waals surface area contributed by atoms with Crippen molar-refractivity contribution < 1.29 is 9.53 Å². The molecule has 0 radical (unpaired) electrons. The summed E-state index contributed by atoms with van der Waals surface area (Å²) in [5, 5.41) is 9.07. The molecule has 1 saturated heterocycles. The Morgan fingerprint density at radius 3 is 2.84 bits per heavy atom. The van der Waals surface area contributed by atoms with Gasteiger partial charge in [0.1, 0.15) is 5.69 Å². The number of ether oxygens (including phenoxy) is 1. The summed E-state index contributed by atoms with van der Waals surface area (Å²) >= 11 is 0. The summed E-state index contributed by atoms with van der Waals surface area (Å²) in [7, 11) is 0. The van der Waals surface area contributed by atoms with Crippen LogP contribution in [0.3, 0.4) is 0 Å². The summed E-state index contributed by atoms with van der Waals surface area (Å²) in [4.78, 5) is 20.6. The van der Waals surface area contributed by atoms with Crippen LogP contribution >= 0.6 is 0 Å². The lowest BCUT2D eigenvalue weighted by Gasteiger charge is -2.29. The van der Waals surface area contributed by atoms with Crippen LogP contribution < -0.4 is 4.90 Å². The SMILES string of the molecule is CCN(C(=O)CN1CCOCC1)c1ccc2cc(-c3n[nH]c4c3CCC(C)(C)C4)[nH]c2c1. The number of anilines is 1. The van der Waals surface area contributed by atoms with Crippen LogP contribution in [0.25, 0.3) is 22.3 Å². The van der Waals surface area contributed by atoms with Crippen molar-refractivity contribution in [1.29, 1.82) is 0 Å². The molecule has 0 spiro atoms. The van der Waals surface area contributed by atoms with Crippen molar-refractivity contribution in [2.24, 2.45) is 5.41 Å². The van der Waals surface area contributed by atoms with Gasteiger partial charge in [0.2, 0.25) is 5.91 Å². The third kappa shape index (κ3) is 4.07. The number of nitrogens with one attached hydrogen (secondary N) is 2. The van der Waals surface area contributed by atoms with Crippen LogP contribution in [-0.4, -0.2) is 65.4 Å². The number of likely N-dealkylation sites (N-methyl/N-ethyl adjacent to an activating group) is 1. The topological polar surface area (TPSA) is 77.2 Å². The Hall–Kier alpha value is -2.64. The maximum Gasteiger partial charge on any atom is 0.241 e. The molecular weight excluding hydrogens is 402 g/mol. The molecule has 0 saturated carbocycles. The van der Waals surface area contributed by atoms with E-state index in [2.05, 4.69) is 52.1 Å². The van der Waals surface area contributed by atoms with Crippen molar-refractivity contribution in [2.75, 3.05) is 44.3 Å². The highest BCUT2D eigenvalue weighted by atomic mass is 16.5. The summed E-state index contributed by atoms with van der Waals surface area (Å²) in [5.41, 5.74) is 6.96. The number of rotatable bonds is 5. The van der Waals surface area contributed by atoms with Crippen molar-refractivity contribution in [3.63, 3.8) is 0 Å². The molecule has 32 heavy (non-hydrogen) atoms. The lowest BCUT2D eigenvalue weighted by Crippen LogP contribution is -2.44. The van der Waals surface area contributed by atoms with Gasteiger partial charge in [-0.05, 0) is 49.8 Å². The summed E-state index contributed by atoms with van der Waals surface area (Å²) in [6, 6.07) is 8.39. The zero-order valence-corrected chi connectivity index (χ0v) is 19.3. The first-order chi connectivity index (χ1) is 15.4. The predicted molar refractivity (Wildman–Crippen MR) is 127 cm³/mol. The van der Waals surface area contributed by atoms with Gasteiger partial charge < -0.3 is 14.6 Å². The van der Waals surface area contributed by atoms with Gasteiger partial charge in [0.25, 0.3) is 0 Å². The molecule has 1 aromatic carbocycles. The zero-order valence-electron chi connectivity index (χ0n) is 19.3. The second-order valence-electron chi connectivity index (χ2n) is 9.85. The maximum absolute atomic E-state index is 13.0. The Labute approximate surface area is 189 Å². The van der Waals surface area contributed by atoms with Gasteiger partial charge in [-0.15, -0.1) is 0 Å². The molecule has 1 amide bonds. The Morgan fingerprint density at radius 2 is 2.06 bits per heavy atom. The maximum atomic E-state index is 13.0. The first kappa shape index (κ1) is 21.2. The Balaban J connectivity index is 1.39. The summed E-state index contributed by atoms with van der Waals surface area (Å²) in [6.45, 7) is 10.8. The fraction of sp³-hybridized carbons (Fsp3) is 0.520. The van der Waals surface area contributed by atoms with Gasteiger partial charge in [0, 0.05) is 47.5 Å². The number of hydrogen-bond donors (Lipinski definition) is 2. The third-order valence-corrected chi connectivity index (χ3v) is 6.91. The van der Waals surface area contributed by atoms with E-state index < -0.39 is 0 Å². The third-order valence-electron chi connectivity index (χ3n) is 6.91. The molecule has 2 N–H and O–H groups in total. The number of fused-ring (bicyclic) bond motifs is 2. The van der Waals surface area contributed by atoms with E-state index in [0.717, 1.165) is 53.9 Å². The fourth-order valence-electron chi connectivity index (χ4n) is 5.02. The molecule has 5 rings (SSSR count). The molecule has 170 valence electrons. The molecular formula is C25H33N5O2. The van der Waals surface area contributed by atoms with Crippen LogP contribution in [0.1, 0.15) is 38.4 Å². The minimum atomic E-state index is 0.129. The number of morpholine rings is 1. The van der Waals surface area contributed by atoms with E-state index in [-0.39, 0.29) is 5.91 Å². The lowest BCUT2D eigenvalue weighted by atomic mass is 9.76. The van der Waals surface area contributed by atoms with Gasteiger partial charge >= 0.3 is 0 Å². The molecule has 7 nitrogen and oxygen atoms in total. The van der Waals surface area contributed by atoms with Crippen molar-refractivity contribution >= 4 is 22.5 Å². The van der Waals surface area contributed by atoms with E-state index in [0.29, 0.717) is 31.7 Å². The molecule has 0 bridgehead atoms. The molecule has 3 aromatic rings. The average molecular weight is 436 g/mol. The van der Waals surface area contributed by atoms with Gasteiger partial charge in [-0.3, -0.25) is 14.8 Å². The van der Waals surface area contributed by atoms with Crippen molar-refractivity contribution in [3.05, 3.63) is 35.5 Å². The van der Waals surface area contributed by atoms with E-state index in [1.807, 2.05) is 17.9 Å². The number of carbonyl (C=O) groups excluding carboxylic acids is 1. The van der Waals surface area contributed by atoms with Gasteiger partial charge in [-0.25, -0.2) is 0 Å². The van der Waals surface area contributed by atoms with Crippen molar-refractivity contribution in [3.8, 4) is 11.4 Å². The second-order valence-corrected chi connectivity index (χ2v) is 9.85. The highest BCUT2D eigenvalue weighted by Crippen LogP contribution is 2.38. The van der Waals surface area contributed by atoms with Crippen molar-refractivity contribution in [2.45, 2.75) is 40.0 Å². The number of nitrogens with zero attached hydrogens (tertiary/aromatic N) is 3. The summed E-state index contributed by atoms with van der Waals surface area (Å²) in [6.07, 6.45) is 3.26. The van der Waals surface area contributed by atoms with Crippen LogP contribution in [-0.2, 0) is 22.4 Å². The van der Waals surface area contributed by atoms with Crippen LogP contribution in [0.15, 0.2) is 24.3 Å². The lowest BCUT2D eigenvalue weighted by molar-refractivity contribution is -0.120. The number of benzene rings is 1. The standard InChI is InChI=1S/C25H33N5O2/c1-4-30(23(31)16-29-9-11-32-12-10-29)18-6-5-17-13-21(26-20(17)14-18)24-19-7-8-25(2,3)15-22(19)27-28-24/h5-6,13-14,26H,4,7-12,15-16H2,1-3H3,(H,27,28). The van der Waals surface area contributed by atoms with Gasteiger partial charge in [-0.2, -0.15) is 5.10 Å². The smallest absolute Gasteiger partial charge is 0.241 e. The van der Waals surface area contributed by atoms with Crippen LogP contribution in [0, 0.1) is 5.41 Å². The summed E-state index contributed by atoms with van der Waals surface area (Å²) < 4.78 is 5.40. The normalized spacial score (nSPS) is 18.6. The minimum Gasteiger partial charge on any atom is -0.379 e. The monoisotopic (exact) mass is 435 g/mol. The summed E-state index contributed by atoms with van der Waals surface area (Å²) in [5.74, 6) is 0.129. The quantitative estimate of drug-likeness (QED) is 0.640. The van der Waals surface area contributed by atoms with E-state index in [4.69, 9.17) is 4.74 Å². The van der Waals surface area contributed by atoms with Gasteiger partial charge in [0.05, 0.1) is 25.5 Å². The zero-order chi connectivity index (χ0) is 22.3. The van der Waals surface area contributed by atoms with E-state index >= 15 is 0 Å². The van der Waals surface area contributed by atoms with Crippen LogP contribution in [0.2, 0.25) is 0 Å². The van der Waals surface area contributed by atoms with Crippen LogP contribution in [0.5, 0.6) is 0 Å². The minimum absolute atomic E-state index is 0.129. The Morgan fingerprint density at radius 1 is 1.25 bits per heavy atom. The average Bonchev–Trinajstić information content (AvgIpc) is 3.37. The molecule has 2 aromatic heterocycles. The molecule has 1 fully saturated rings. The molecule has 0 atom stereocenters. The first-order valence-corrected chi connectivity index (χ1v) is 11.7. The molecule has 1 aliphatic carbocycles. The van der Waals surface area contributed by atoms with E-state index in [1.54, 1.807) is 0 Å². The first-order valence-electron chi connectivity index (χ1n) is 11.7. The predicted octanol–water partition coefficient (Wildman–Crippen LogP) is 3.76. The molecule has 7 heteroatoms.